The number of hydrogen-bond acceptors (Lipinski definition) is 5. The molecule has 0 aliphatic heterocycles. The van der Waals surface area contributed by atoms with Gasteiger partial charge in [0.25, 0.3) is 0 Å². The van der Waals surface area contributed by atoms with E-state index in [0.717, 1.165) is 12.0 Å². The van der Waals surface area contributed by atoms with Crippen molar-refractivity contribution in [3.8, 4) is 0 Å². The zero-order valence-corrected chi connectivity index (χ0v) is 13.3. The molecule has 1 N–H and O–H groups in total. The van der Waals surface area contributed by atoms with Gasteiger partial charge in [0.2, 0.25) is 11.8 Å². The molecule has 2 rings (SSSR count). The Morgan fingerprint density at radius 3 is 2.77 bits per heavy atom. The topological polar surface area (TPSA) is 80.9 Å². The third-order valence-corrected chi connectivity index (χ3v) is 3.16. The highest BCUT2D eigenvalue weighted by atomic mass is 16.5. The summed E-state index contributed by atoms with van der Waals surface area (Å²) < 4.78 is 5.17. The summed E-state index contributed by atoms with van der Waals surface area (Å²) in [6, 6.07) is 3.88. The maximum atomic E-state index is 11.8. The van der Waals surface area contributed by atoms with Crippen LogP contribution in [0.5, 0.6) is 0 Å². The largest absolute Gasteiger partial charge is 0.356 e. The van der Waals surface area contributed by atoms with Crippen molar-refractivity contribution in [2.24, 2.45) is 0 Å². The predicted octanol–water partition coefficient (Wildman–Crippen LogP) is 2.05. The molecule has 0 aromatic carbocycles. The Morgan fingerprint density at radius 2 is 2.14 bits per heavy atom. The van der Waals surface area contributed by atoms with Crippen molar-refractivity contribution in [2.75, 3.05) is 6.54 Å². The van der Waals surface area contributed by atoms with Crippen LogP contribution in [0.1, 0.15) is 44.5 Å². The van der Waals surface area contributed by atoms with Crippen LogP contribution in [0.25, 0.3) is 0 Å². The SMILES string of the molecule is CC(C)(C)c1noc(CCC(=O)NCCc2cccnc2)n1. The van der Waals surface area contributed by atoms with Gasteiger partial charge >= 0.3 is 0 Å². The van der Waals surface area contributed by atoms with Crippen LogP contribution in [0.15, 0.2) is 29.0 Å². The van der Waals surface area contributed by atoms with E-state index in [0.29, 0.717) is 31.1 Å². The first-order valence-corrected chi connectivity index (χ1v) is 7.44. The number of amides is 1. The van der Waals surface area contributed by atoms with E-state index >= 15 is 0 Å². The molecule has 22 heavy (non-hydrogen) atoms. The molecule has 0 spiro atoms. The fourth-order valence-electron chi connectivity index (χ4n) is 1.86. The number of rotatable bonds is 6. The van der Waals surface area contributed by atoms with E-state index in [-0.39, 0.29) is 11.3 Å². The zero-order chi connectivity index (χ0) is 16.0. The Balaban J connectivity index is 1.70. The molecule has 0 radical (unpaired) electrons. The van der Waals surface area contributed by atoms with E-state index in [1.807, 2.05) is 32.9 Å². The molecular weight excluding hydrogens is 280 g/mol. The summed E-state index contributed by atoms with van der Waals surface area (Å²) in [6.45, 7) is 6.66. The second-order valence-corrected chi connectivity index (χ2v) is 6.22. The summed E-state index contributed by atoms with van der Waals surface area (Å²) in [6.07, 6.45) is 5.12. The average molecular weight is 302 g/mol. The van der Waals surface area contributed by atoms with Gasteiger partial charge in [0.1, 0.15) is 0 Å². The molecule has 1 amide bonds. The molecule has 0 fully saturated rings. The molecule has 6 heteroatoms. The van der Waals surface area contributed by atoms with Gasteiger partial charge in [0, 0.05) is 37.2 Å². The van der Waals surface area contributed by atoms with Crippen LogP contribution < -0.4 is 5.32 Å². The molecule has 0 saturated heterocycles. The summed E-state index contributed by atoms with van der Waals surface area (Å²) in [5.74, 6) is 1.16. The van der Waals surface area contributed by atoms with Gasteiger partial charge in [-0.15, -0.1) is 0 Å². The molecule has 0 unspecified atom stereocenters. The van der Waals surface area contributed by atoms with E-state index in [4.69, 9.17) is 4.52 Å². The normalized spacial score (nSPS) is 11.4. The maximum absolute atomic E-state index is 11.8. The summed E-state index contributed by atoms with van der Waals surface area (Å²) in [5.41, 5.74) is 0.961. The highest BCUT2D eigenvalue weighted by Gasteiger charge is 2.21. The molecule has 0 aliphatic rings. The molecule has 2 aromatic rings. The van der Waals surface area contributed by atoms with Gasteiger partial charge in [0.05, 0.1) is 0 Å². The Labute approximate surface area is 130 Å². The van der Waals surface area contributed by atoms with Gasteiger partial charge in [-0.25, -0.2) is 0 Å². The van der Waals surface area contributed by atoms with Crippen molar-refractivity contribution >= 4 is 5.91 Å². The lowest BCUT2D eigenvalue weighted by molar-refractivity contribution is -0.121. The number of nitrogens with zero attached hydrogens (tertiary/aromatic N) is 3. The van der Waals surface area contributed by atoms with Crippen molar-refractivity contribution in [1.29, 1.82) is 0 Å². The number of aromatic nitrogens is 3. The van der Waals surface area contributed by atoms with Crippen molar-refractivity contribution < 1.29 is 9.32 Å². The quantitative estimate of drug-likeness (QED) is 0.883. The van der Waals surface area contributed by atoms with Gasteiger partial charge in [-0.05, 0) is 18.1 Å². The molecule has 118 valence electrons. The molecule has 0 saturated carbocycles. The summed E-state index contributed by atoms with van der Waals surface area (Å²) in [5, 5.41) is 6.82. The second-order valence-electron chi connectivity index (χ2n) is 6.22. The van der Waals surface area contributed by atoms with Crippen LogP contribution in [0, 0.1) is 0 Å². The number of pyridine rings is 1. The third kappa shape index (κ3) is 4.95. The lowest BCUT2D eigenvalue weighted by Crippen LogP contribution is -2.25. The monoisotopic (exact) mass is 302 g/mol. The minimum absolute atomic E-state index is 0.0144. The van der Waals surface area contributed by atoms with Gasteiger partial charge in [-0.2, -0.15) is 4.98 Å². The lowest BCUT2D eigenvalue weighted by atomic mass is 9.96. The fraction of sp³-hybridized carbons (Fsp3) is 0.500. The smallest absolute Gasteiger partial charge is 0.227 e. The Morgan fingerprint density at radius 1 is 1.32 bits per heavy atom. The molecule has 2 aromatic heterocycles. The zero-order valence-electron chi connectivity index (χ0n) is 13.3. The van der Waals surface area contributed by atoms with Gasteiger partial charge in [-0.3, -0.25) is 9.78 Å². The van der Waals surface area contributed by atoms with Gasteiger partial charge in [0.15, 0.2) is 5.82 Å². The number of hydrogen-bond donors (Lipinski definition) is 1. The first kappa shape index (κ1) is 16.1. The Kier molecular flexibility index (Phi) is 5.25. The molecular formula is C16H22N4O2. The van der Waals surface area contributed by atoms with Crippen LogP contribution >= 0.6 is 0 Å². The summed E-state index contributed by atoms with van der Waals surface area (Å²) in [4.78, 5) is 20.1. The minimum atomic E-state index is -0.145. The molecule has 2 heterocycles. The van der Waals surface area contributed by atoms with Crippen molar-refractivity contribution in [1.82, 2.24) is 20.4 Å². The first-order chi connectivity index (χ1) is 10.4. The Hall–Kier alpha value is -2.24. The standard InChI is InChI=1S/C16H22N4O2/c1-16(2,3)15-19-14(22-20-15)7-6-13(21)18-10-8-12-5-4-9-17-11-12/h4-5,9,11H,6-8,10H2,1-3H3,(H,18,21). The number of carbonyl (C=O) groups excluding carboxylic acids is 1. The van der Waals surface area contributed by atoms with E-state index in [9.17, 15) is 4.79 Å². The van der Waals surface area contributed by atoms with Crippen LogP contribution in [0.3, 0.4) is 0 Å². The number of aryl methyl sites for hydroxylation is 1. The van der Waals surface area contributed by atoms with Gasteiger partial charge in [-0.1, -0.05) is 32.0 Å². The number of carbonyl (C=O) groups is 1. The minimum Gasteiger partial charge on any atom is -0.356 e. The van der Waals surface area contributed by atoms with Crippen LogP contribution in [0.4, 0.5) is 0 Å². The van der Waals surface area contributed by atoms with E-state index < -0.39 is 0 Å². The van der Waals surface area contributed by atoms with Crippen LogP contribution in [0.2, 0.25) is 0 Å². The average Bonchev–Trinajstić information content (AvgIpc) is 2.95. The highest BCUT2D eigenvalue weighted by molar-refractivity contribution is 5.75. The van der Waals surface area contributed by atoms with Crippen molar-refractivity contribution in [2.45, 2.75) is 45.4 Å². The van der Waals surface area contributed by atoms with E-state index in [1.165, 1.54) is 0 Å². The fourth-order valence-corrected chi connectivity index (χ4v) is 1.86. The Bertz CT molecular complexity index is 602. The molecule has 0 bridgehead atoms. The second kappa shape index (κ2) is 7.15. The van der Waals surface area contributed by atoms with Crippen molar-refractivity contribution in [3.05, 3.63) is 41.8 Å². The maximum Gasteiger partial charge on any atom is 0.227 e. The summed E-state index contributed by atoms with van der Waals surface area (Å²) in [7, 11) is 0. The summed E-state index contributed by atoms with van der Waals surface area (Å²) >= 11 is 0. The molecule has 0 aliphatic carbocycles. The first-order valence-electron chi connectivity index (χ1n) is 7.44. The van der Waals surface area contributed by atoms with Crippen LogP contribution in [-0.4, -0.2) is 27.6 Å². The third-order valence-electron chi connectivity index (χ3n) is 3.16. The van der Waals surface area contributed by atoms with Gasteiger partial charge < -0.3 is 9.84 Å². The lowest BCUT2D eigenvalue weighted by Gasteiger charge is -2.10. The molecule has 6 nitrogen and oxygen atoms in total. The van der Waals surface area contributed by atoms with E-state index in [2.05, 4.69) is 20.4 Å². The van der Waals surface area contributed by atoms with Crippen LogP contribution in [-0.2, 0) is 23.1 Å². The predicted molar refractivity (Wildman–Crippen MR) is 82.3 cm³/mol. The molecule has 0 atom stereocenters. The highest BCUT2D eigenvalue weighted by Crippen LogP contribution is 2.18. The number of nitrogens with one attached hydrogen (secondary N) is 1. The van der Waals surface area contributed by atoms with Crippen molar-refractivity contribution in [3.63, 3.8) is 0 Å². The van der Waals surface area contributed by atoms with E-state index in [1.54, 1.807) is 12.4 Å².